The number of benzene rings is 1. The number of nitrogens with zero attached hydrogens (tertiary/aromatic N) is 3. The summed E-state index contributed by atoms with van der Waals surface area (Å²) in [5.41, 5.74) is 3.12. The van der Waals surface area contributed by atoms with Crippen LogP contribution in [0.5, 0.6) is 5.75 Å². The van der Waals surface area contributed by atoms with Gasteiger partial charge in [-0.1, -0.05) is 18.2 Å². The van der Waals surface area contributed by atoms with Gasteiger partial charge in [-0.2, -0.15) is 5.10 Å². The highest BCUT2D eigenvalue weighted by Gasteiger charge is 2.04. The second-order valence-corrected chi connectivity index (χ2v) is 4.69. The summed E-state index contributed by atoms with van der Waals surface area (Å²) in [5.74, 6) is 0.183. The van der Waals surface area contributed by atoms with Crippen LogP contribution in [0.1, 0.15) is 11.3 Å². The molecule has 2 N–H and O–H groups in total. The molecule has 0 saturated heterocycles. The van der Waals surface area contributed by atoms with Crippen molar-refractivity contribution in [2.45, 2.75) is 13.1 Å². The Kier molecular flexibility index (Phi) is 3.93. The van der Waals surface area contributed by atoms with Gasteiger partial charge in [0.15, 0.2) is 0 Å². The number of nitrogens with one attached hydrogen (secondary N) is 1. The molecule has 2 heterocycles. The molecule has 0 unspecified atom stereocenters. The predicted molar refractivity (Wildman–Crippen MR) is 80.0 cm³/mol. The first-order chi connectivity index (χ1) is 10.3. The van der Waals surface area contributed by atoms with E-state index in [1.54, 1.807) is 12.3 Å². The molecule has 0 atom stereocenters. The molecular weight excluding hydrogens is 264 g/mol. The molecule has 0 bridgehead atoms. The minimum Gasteiger partial charge on any atom is -0.506 e. The molecular formula is C16H16N4O. The summed E-state index contributed by atoms with van der Waals surface area (Å²) in [5, 5.41) is 16.8. The summed E-state index contributed by atoms with van der Waals surface area (Å²) in [4.78, 5) is 4.15. The van der Waals surface area contributed by atoms with Crippen molar-refractivity contribution in [3.63, 3.8) is 0 Å². The second-order valence-electron chi connectivity index (χ2n) is 4.69. The average Bonchev–Trinajstić information content (AvgIpc) is 3.04. The number of hydrogen-bond acceptors (Lipinski definition) is 4. The highest BCUT2D eigenvalue weighted by atomic mass is 16.3. The first-order valence-electron chi connectivity index (χ1n) is 6.75. The lowest BCUT2D eigenvalue weighted by Gasteiger charge is -2.10. The molecule has 2 aromatic heterocycles. The second kappa shape index (κ2) is 6.19. The maximum atomic E-state index is 9.21. The Morgan fingerprint density at radius 3 is 2.71 bits per heavy atom. The Morgan fingerprint density at radius 1 is 1.05 bits per heavy atom. The third-order valence-electron chi connectivity index (χ3n) is 3.17. The lowest BCUT2D eigenvalue weighted by molar-refractivity contribution is 0.471. The van der Waals surface area contributed by atoms with Gasteiger partial charge >= 0.3 is 0 Å². The van der Waals surface area contributed by atoms with E-state index in [4.69, 9.17) is 0 Å². The van der Waals surface area contributed by atoms with Crippen molar-refractivity contribution in [3.8, 4) is 11.4 Å². The molecule has 21 heavy (non-hydrogen) atoms. The zero-order valence-electron chi connectivity index (χ0n) is 11.5. The highest BCUT2D eigenvalue weighted by Crippen LogP contribution is 2.13. The van der Waals surface area contributed by atoms with Crippen LogP contribution in [0, 0.1) is 0 Å². The molecule has 0 amide bonds. The fourth-order valence-electron chi connectivity index (χ4n) is 2.14. The smallest absolute Gasteiger partial charge is 0.133 e. The largest absolute Gasteiger partial charge is 0.506 e. The van der Waals surface area contributed by atoms with Crippen molar-refractivity contribution < 1.29 is 5.11 Å². The first kappa shape index (κ1) is 13.3. The molecule has 0 aliphatic carbocycles. The van der Waals surface area contributed by atoms with E-state index in [1.807, 2.05) is 41.2 Å². The molecule has 106 valence electrons. The van der Waals surface area contributed by atoms with Crippen LogP contribution < -0.4 is 5.32 Å². The standard InChI is InChI=1S/C16H16N4O/c21-15-7-6-14(18-12-15)11-17-10-13-4-1-2-5-16(13)20-9-3-8-19-20/h1-9,12,17,21H,10-11H2. The number of rotatable bonds is 5. The molecule has 0 aliphatic rings. The lowest BCUT2D eigenvalue weighted by atomic mass is 10.1. The van der Waals surface area contributed by atoms with Crippen LogP contribution in [0.15, 0.2) is 61.1 Å². The molecule has 0 saturated carbocycles. The Labute approximate surface area is 122 Å². The topological polar surface area (TPSA) is 63.0 Å². The van der Waals surface area contributed by atoms with E-state index in [-0.39, 0.29) is 5.75 Å². The molecule has 5 nitrogen and oxygen atoms in total. The summed E-state index contributed by atoms with van der Waals surface area (Å²) in [6.07, 6.45) is 5.15. The molecule has 5 heteroatoms. The van der Waals surface area contributed by atoms with Crippen molar-refractivity contribution in [2.24, 2.45) is 0 Å². The Hall–Kier alpha value is -2.66. The van der Waals surface area contributed by atoms with Gasteiger partial charge in [0.1, 0.15) is 5.75 Å². The van der Waals surface area contributed by atoms with Crippen LogP contribution in [-0.2, 0) is 13.1 Å². The fourth-order valence-corrected chi connectivity index (χ4v) is 2.14. The maximum absolute atomic E-state index is 9.21. The molecule has 0 fully saturated rings. The van der Waals surface area contributed by atoms with Crippen molar-refractivity contribution in [1.82, 2.24) is 20.1 Å². The summed E-state index contributed by atoms with van der Waals surface area (Å²) in [6, 6.07) is 13.5. The van der Waals surface area contributed by atoms with Crippen LogP contribution in [0.3, 0.4) is 0 Å². The van der Waals surface area contributed by atoms with E-state index in [2.05, 4.69) is 21.5 Å². The SMILES string of the molecule is Oc1ccc(CNCc2ccccc2-n2cccn2)nc1. The van der Waals surface area contributed by atoms with Gasteiger partial charge in [-0.15, -0.1) is 0 Å². The Balaban J connectivity index is 1.67. The van der Waals surface area contributed by atoms with E-state index in [9.17, 15) is 5.11 Å². The normalized spacial score (nSPS) is 10.7. The van der Waals surface area contributed by atoms with E-state index < -0.39 is 0 Å². The minimum atomic E-state index is 0.183. The number of hydrogen-bond donors (Lipinski definition) is 2. The molecule has 0 spiro atoms. The van der Waals surface area contributed by atoms with E-state index in [0.717, 1.165) is 17.9 Å². The lowest BCUT2D eigenvalue weighted by Crippen LogP contribution is -2.15. The van der Waals surface area contributed by atoms with E-state index >= 15 is 0 Å². The van der Waals surface area contributed by atoms with Gasteiger partial charge in [0, 0.05) is 25.5 Å². The van der Waals surface area contributed by atoms with Gasteiger partial charge in [-0.3, -0.25) is 4.98 Å². The molecule has 3 aromatic rings. The average molecular weight is 280 g/mol. The van der Waals surface area contributed by atoms with Crippen molar-refractivity contribution in [1.29, 1.82) is 0 Å². The van der Waals surface area contributed by atoms with Crippen molar-refractivity contribution in [3.05, 3.63) is 72.3 Å². The summed E-state index contributed by atoms with van der Waals surface area (Å²) in [6.45, 7) is 1.37. The van der Waals surface area contributed by atoms with Crippen LogP contribution in [0.4, 0.5) is 0 Å². The summed E-state index contributed by atoms with van der Waals surface area (Å²) in [7, 11) is 0. The van der Waals surface area contributed by atoms with Gasteiger partial charge in [0.25, 0.3) is 0 Å². The van der Waals surface area contributed by atoms with Crippen molar-refractivity contribution >= 4 is 0 Å². The van der Waals surface area contributed by atoms with Crippen LogP contribution in [0.25, 0.3) is 5.69 Å². The molecule has 0 radical (unpaired) electrons. The number of pyridine rings is 1. The molecule has 1 aromatic carbocycles. The fraction of sp³-hybridized carbons (Fsp3) is 0.125. The van der Waals surface area contributed by atoms with E-state index in [1.165, 1.54) is 11.8 Å². The first-order valence-corrected chi connectivity index (χ1v) is 6.75. The number of para-hydroxylation sites is 1. The van der Waals surface area contributed by atoms with Gasteiger partial charge in [0.2, 0.25) is 0 Å². The van der Waals surface area contributed by atoms with E-state index in [0.29, 0.717) is 6.54 Å². The Morgan fingerprint density at radius 2 is 1.95 bits per heavy atom. The zero-order chi connectivity index (χ0) is 14.5. The molecule has 0 aliphatic heterocycles. The van der Waals surface area contributed by atoms with Crippen LogP contribution in [-0.4, -0.2) is 19.9 Å². The third kappa shape index (κ3) is 3.27. The summed E-state index contributed by atoms with van der Waals surface area (Å²) < 4.78 is 1.86. The quantitative estimate of drug-likeness (QED) is 0.752. The Bertz CT molecular complexity index is 693. The van der Waals surface area contributed by atoms with Crippen molar-refractivity contribution in [2.75, 3.05) is 0 Å². The predicted octanol–water partition coefficient (Wildman–Crippen LogP) is 2.26. The van der Waals surface area contributed by atoms with Gasteiger partial charge in [0.05, 0.1) is 17.6 Å². The summed E-state index contributed by atoms with van der Waals surface area (Å²) >= 11 is 0. The van der Waals surface area contributed by atoms with Crippen LogP contribution in [0.2, 0.25) is 0 Å². The highest BCUT2D eigenvalue weighted by molar-refractivity contribution is 5.40. The maximum Gasteiger partial charge on any atom is 0.133 e. The van der Waals surface area contributed by atoms with Gasteiger partial charge in [-0.25, -0.2) is 4.68 Å². The molecule has 3 rings (SSSR count). The zero-order valence-corrected chi connectivity index (χ0v) is 11.5. The number of aromatic nitrogens is 3. The van der Waals surface area contributed by atoms with Gasteiger partial charge in [-0.05, 0) is 29.8 Å². The van der Waals surface area contributed by atoms with Gasteiger partial charge < -0.3 is 10.4 Å². The third-order valence-corrected chi connectivity index (χ3v) is 3.17. The monoisotopic (exact) mass is 280 g/mol. The number of aromatic hydroxyl groups is 1. The van der Waals surface area contributed by atoms with Crippen LogP contribution >= 0.6 is 0 Å². The minimum absolute atomic E-state index is 0.183.